The molecule has 0 radical (unpaired) electrons. The molecule has 2 heterocycles. The first kappa shape index (κ1) is 14.8. The van der Waals surface area contributed by atoms with Crippen molar-refractivity contribution in [3.05, 3.63) is 27.7 Å². The first-order chi connectivity index (χ1) is 9.48. The Hall–Kier alpha value is -0.140. The summed E-state index contributed by atoms with van der Waals surface area (Å²) < 4.78 is 27.8. The Morgan fingerprint density at radius 2 is 1.90 bits per heavy atom. The zero-order chi connectivity index (χ0) is 14.3. The van der Waals surface area contributed by atoms with E-state index in [2.05, 4.69) is 21.2 Å². The minimum Gasteiger partial charge on any atom is -0.309 e. The first-order valence-electron chi connectivity index (χ1n) is 6.68. The molecule has 4 nitrogen and oxygen atoms in total. The third-order valence-corrected chi connectivity index (χ3v) is 7.24. The average molecular weight is 380 g/mol. The molecule has 1 N–H and O–H groups in total. The molecule has 2 saturated heterocycles. The lowest BCUT2D eigenvalue weighted by Crippen LogP contribution is -2.59. The van der Waals surface area contributed by atoms with Crippen molar-refractivity contribution in [2.24, 2.45) is 0 Å². The van der Waals surface area contributed by atoms with Gasteiger partial charge in [-0.3, -0.25) is 0 Å². The topological polar surface area (TPSA) is 49.4 Å². The summed E-state index contributed by atoms with van der Waals surface area (Å²) in [6.45, 7) is 1.06. The van der Waals surface area contributed by atoms with Crippen molar-refractivity contribution in [1.29, 1.82) is 0 Å². The van der Waals surface area contributed by atoms with Crippen LogP contribution in [0.3, 0.4) is 0 Å². The molecule has 2 fully saturated rings. The van der Waals surface area contributed by atoms with Gasteiger partial charge in [0, 0.05) is 29.6 Å². The largest absolute Gasteiger partial charge is 0.309 e. The summed E-state index contributed by atoms with van der Waals surface area (Å²) in [6, 6.07) is 5.55. The number of benzene rings is 1. The number of piperidine rings is 1. The predicted octanol–water partition coefficient (Wildman–Crippen LogP) is 2.62. The van der Waals surface area contributed by atoms with Crippen LogP contribution in [0, 0.1) is 0 Å². The average Bonchev–Trinajstić information content (AvgIpc) is 2.41. The molecule has 20 heavy (non-hydrogen) atoms. The molecule has 0 aromatic heterocycles. The van der Waals surface area contributed by atoms with Crippen LogP contribution in [-0.2, 0) is 10.0 Å². The molecule has 2 atom stereocenters. The van der Waals surface area contributed by atoms with Crippen molar-refractivity contribution in [3.63, 3.8) is 0 Å². The van der Waals surface area contributed by atoms with Crippen LogP contribution in [0.15, 0.2) is 27.6 Å². The van der Waals surface area contributed by atoms with Crippen LogP contribution < -0.4 is 5.32 Å². The summed E-state index contributed by atoms with van der Waals surface area (Å²) in [6.07, 6.45) is 3.25. The molecule has 0 saturated carbocycles. The fourth-order valence-electron chi connectivity index (χ4n) is 2.98. The quantitative estimate of drug-likeness (QED) is 0.859. The second kappa shape index (κ2) is 5.57. The van der Waals surface area contributed by atoms with Gasteiger partial charge in [0.1, 0.15) is 4.90 Å². The third kappa shape index (κ3) is 2.64. The van der Waals surface area contributed by atoms with Gasteiger partial charge < -0.3 is 5.32 Å². The molecule has 2 aliphatic heterocycles. The first-order valence-corrected chi connectivity index (χ1v) is 9.30. The maximum Gasteiger partial charge on any atom is 0.244 e. The Kier molecular flexibility index (Phi) is 4.12. The molecule has 0 spiro atoms. The highest BCUT2D eigenvalue weighted by molar-refractivity contribution is 9.10. The van der Waals surface area contributed by atoms with Crippen LogP contribution >= 0.6 is 27.5 Å². The maximum absolute atomic E-state index is 12.8. The minimum atomic E-state index is -3.53. The van der Waals surface area contributed by atoms with Gasteiger partial charge in [-0.2, -0.15) is 4.31 Å². The molecule has 2 unspecified atom stereocenters. The summed E-state index contributed by atoms with van der Waals surface area (Å²) in [5.41, 5.74) is 0. The number of halogens is 2. The Bertz CT molecular complexity index is 611. The van der Waals surface area contributed by atoms with Crippen molar-refractivity contribution in [1.82, 2.24) is 9.62 Å². The van der Waals surface area contributed by atoms with E-state index in [0.29, 0.717) is 17.6 Å². The van der Waals surface area contributed by atoms with E-state index in [9.17, 15) is 8.42 Å². The highest BCUT2D eigenvalue weighted by Crippen LogP contribution is 2.32. The fourth-order valence-corrected chi connectivity index (χ4v) is 5.52. The van der Waals surface area contributed by atoms with Crippen molar-refractivity contribution < 1.29 is 8.42 Å². The Morgan fingerprint density at radius 1 is 1.25 bits per heavy atom. The zero-order valence-corrected chi connectivity index (χ0v) is 14.0. The van der Waals surface area contributed by atoms with Crippen molar-refractivity contribution >= 4 is 37.6 Å². The number of rotatable bonds is 2. The normalized spacial score (nSPS) is 27.5. The Labute approximate surface area is 132 Å². The highest BCUT2D eigenvalue weighted by atomic mass is 79.9. The van der Waals surface area contributed by atoms with Gasteiger partial charge in [-0.15, -0.1) is 0 Å². The van der Waals surface area contributed by atoms with E-state index >= 15 is 0 Å². The van der Waals surface area contributed by atoms with Crippen LogP contribution in [0.1, 0.15) is 19.3 Å². The molecular weight excluding hydrogens is 364 g/mol. The summed E-state index contributed by atoms with van der Waals surface area (Å²) >= 11 is 9.43. The van der Waals surface area contributed by atoms with E-state index in [0.717, 1.165) is 12.8 Å². The predicted molar refractivity (Wildman–Crippen MR) is 82.5 cm³/mol. The molecule has 1 aromatic carbocycles. The number of fused-ring (bicyclic) bond motifs is 2. The lowest BCUT2D eigenvalue weighted by atomic mass is 9.96. The van der Waals surface area contributed by atoms with Gasteiger partial charge in [0.25, 0.3) is 0 Å². The van der Waals surface area contributed by atoms with Crippen molar-refractivity contribution in [2.45, 2.75) is 36.2 Å². The minimum absolute atomic E-state index is 0.188. The third-order valence-electron chi connectivity index (χ3n) is 3.96. The number of hydrogen-bond acceptors (Lipinski definition) is 3. The van der Waals surface area contributed by atoms with Crippen LogP contribution in [0.25, 0.3) is 0 Å². The van der Waals surface area contributed by atoms with Gasteiger partial charge in [0.15, 0.2) is 0 Å². The number of nitrogens with one attached hydrogen (secondary N) is 1. The highest BCUT2D eigenvalue weighted by Gasteiger charge is 2.37. The van der Waals surface area contributed by atoms with Gasteiger partial charge >= 0.3 is 0 Å². The Morgan fingerprint density at radius 3 is 2.55 bits per heavy atom. The van der Waals surface area contributed by atoms with E-state index in [1.165, 1.54) is 6.42 Å². The number of piperazine rings is 1. The van der Waals surface area contributed by atoms with Crippen molar-refractivity contribution in [3.8, 4) is 0 Å². The molecule has 3 rings (SSSR count). The second-order valence-electron chi connectivity index (χ2n) is 5.37. The lowest BCUT2D eigenvalue weighted by molar-refractivity contribution is 0.190. The van der Waals surface area contributed by atoms with Crippen LogP contribution in [-0.4, -0.2) is 37.9 Å². The van der Waals surface area contributed by atoms with E-state index in [1.54, 1.807) is 22.5 Å². The van der Waals surface area contributed by atoms with Gasteiger partial charge in [0.05, 0.1) is 5.02 Å². The fraction of sp³-hybridized carbons (Fsp3) is 0.538. The number of nitrogens with zero attached hydrogens (tertiary/aromatic N) is 1. The smallest absolute Gasteiger partial charge is 0.244 e. The maximum atomic E-state index is 12.8. The number of hydrogen-bond donors (Lipinski definition) is 1. The zero-order valence-electron chi connectivity index (χ0n) is 10.9. The number of sulfonamides is 1. The van der Waals surface area contributed by atoms with Crippen LogP contribution in [0.4, 0.5) is 0 Å². The van der Waals surface area contributed by atoms with Gasteiger partial charge in [-0.05, 0) is 40.9 Å². The van der Waals surface area contributed by atoms with Gasteiger partial charge in [-0.25, -0.2) is 8.42 Å². The van der Waals surface area contributed by atoms with E-state index in [4.69, 9.17) is 11.6 Å². The van der Waals surface area contributed by atoms with Crippen LogP contribution in [0.2, 0.25) is 5.02 Å². The van der Waals surface area contributed by atoms with E-state index in [-0.39, 0.29) is 22.0 Å². The molecular formula is C13H16BrClN2O2S. The van der Waals surface area contributed by atoms with Gasteiger partial charge in [0.2, 0.25) is 10.0 Å². The molecule has 1 aromatic rings. The van der Waals surface area contributed by atoms with E-state index in [1.807, 2.05) is 0 Å². The molecule has 0 amide bonds. The summed E-state index contributed by atoms with van der Waals surface area (Å²) in [5, 5.41) is 3.74. The summed E-state index contributed by atoms with van der Waals surface area (Å²) in [4.78, 5) is 0.188. The monoisotopic (exact) mass is 378 g/mol. The molecule has 7 heteroatoms. The molecule has 2 aliphatic rings. The molecule has 2 bridgehead atoms. The van der Waals surface area contributed by atoms with Gasteiger partial charge in [-0.1, -0.05) is 24.1 Å². The summed E-state index contributed by atoms with van der Waals surface area (Å²) in [7, 11) is -3.53. The SMILES string of the molecule is O=S(=O)(c1cccc(Br)c1Cl)N1CC2CCCC(C1)N2. The van der Waals surface area contributed by atoms with Crippen molar-refractivity contribution in [2.75, 3.05) is 13.1 Å². The standard InChI is InChI=1S/C13H16BrClN2O2S/c14-11-5-2-6-12(13(11)15)20(18,19)17-7-9-3-1-4-10(8-17)16-9/h2,5-6,9-10,16H,1,3-4,7-8H2. The summed E-state index contributed by atoms with van der Waals surface area (Å²) in [5.74, 6) is 0. The lowest BCUT2D eigenvalue weighted by Gasteiger charge is -2.41. The van der Waals surface area contributed by atoms with E-state index < -0.39 is 10.0 Å². The molecule has 0 aliphatic carbocycles. The second-order valence-corrected chi connectivity index (χ2v) is 8.50. The Balaban J connectivity index is 1.94. The molecule has 110 valence electrons. The van der Waals surface area contributed by atoms with Crippen LogP contribution in [0.5, 0.6) is 0 Å².